The highest BCUT2D eigenvalue weighted by molar-refractivity contribution is 6.02. The molecule has 2 aliphatic heterocycles. The fraction of sp³-hybridized carbons (Fsp3) is 0.450. The van der Waals surface area contributed by atoms with Gasteiger partial charge in [0.05, 0.1) is 31.4 Å². The van der Waals surface area contributed by atoms with Gasteiger partial charge in [-0.15, -0.1) is 0 Å². The van der Waals surface area contributed by atoms with E-state index in [0.29, 0.717) is 5.56 Å². The van der Waals surface area contributed by atoms with Crippen LogP contribution in [0.2, 0.25) is 0 Å². The molecule has 3 rings (SSSR count). The summed E-state index contributed by atoms with van der Waals surface area (Å²) in [4.78, 5) is 40.3. The van der Waals surface area contributed by atoms with Gasteiger partial charge in [-0.05, 0) is 17.7 Å². The van der Waals surface area contributed by atoms with E-state index in [-0.39, 0.29) is 26.4 Å². The Balaban J connectivity index is 1.79. The van der Waals surface area contributed by atoms with E-state index in [2.05, 4.69) is 15.3 Å². The predicted octanol–water partition coefficient (Wildman–Crippen LogP) is 0.751. The number of rotatable bonds is 9. The standard InChI is InChI=1S/C20H23N5O7/c1-29-9-10-30-18-17(23-24-21)14(12-31-20(28)13-5-3-2-4-6-13)32-19(18)25-8-7-15(26)22-16(27)11-25/h2-8,14,17-19H,9-12H2,1H3,(H,22,26,27)/t14-,17?,18-,19-/m1/s1. The Morgan fingerprint density at radius 1 is 1.31 bits per heavy atom. The molecule has 2 amide bonds. The molecular weight excluding hydrogens is 422 g/mol. The van der Waals surface area contributed by atoms with Crippen LogP contribution in [0, 0.1) is 0 Å². The van der Waals surface area contributed by atoms with Crippen molar-refractivity contribution in [3.63, 3.8) is 0 Å². The Bertz CT molecular complexity index is 903. The third-order valence-corrected chi connectivity index (χ3v) is 4.82. The van der Waals surface area contributed by atoms with Gasteiger partial charge in [-0.3, -0.25) is 14.9 Å². The predicted molar refractivity (Wildman–Crippen MR) is 109 cm³/mol. The van der Waals surface area contributed by atoms with Crippen molar-refractivity contribution in [3.05, 3.63) is 58.6 Å². The molecule has 1 fully saturated rings. The summed E-state index contributed by atoms with van der Waals surface area (Å²) in [6.07, 6.45) is 0.0591. The first kappa shape index (κ1) is 23.2. The lowest BCUT2D eigenvalue weighted by atomic mass is 10.1. The molecule has 32 heavy (non-hydrogen) atoms. The Hall–Kier alpha value is -3.44. The quantitative estimate of drug-likeness (QED) is 0.146. The molecule has 4 atom stereocenters. The number of benzene rings is 1. The zero-order chi connectivity index (χ0) is 22.9. The van der Waals surface area contributed by atoms with E-state index >= 15 is 0 Å². The minimum atomic E-state index is -0.879. The lowest BCUT2D eigenvalue weighted by Crippen LogP contribution is -2.46. The van der Waals surface area contributed by atoms with Crippen LogP contribution in [0.25, 0.3) is 10.4 Å². The molecule has 1 saturated heterocycles. The summed E-state index contributed by atoms with van der Waals surface area (Å²) in [5.41, 5.74) is 9.45. The average Bonchev–Trinajstić information content (AvgIpc) is 3.02. The number of hydrogen-bond acceptors (Lipinski definition) is 9. The molecule has 0 spiro atoms. The number of amides is 2. The van der Waals surface area contributed by atoms with Crippen LogP contribution in [0.4, 0.5) is 0 Å². The van der Waals surface area contributed by atoms with Gasteiger partial charge >= 0.3 is 5.97 Å². The summed E-state index contributed by atoms with van der Waals surface area (Å²) in [6.45, 7) is 0.0453. The monoisotopic (exact) mass is 445 g/mol. The highest BCUT2D eigenvalue weighted by Crippen LogP contribution is 2.30. The number of azide groups is 1. The minimum absolute atomic E-state index is 0.164. The Morgan fingerprint density at radius 2 is 2.09 bits per heavy atom. The van der Waals surface area contributed by atoms with Gasteiger partial charge in [0.2, 0.25) is 5.91 Å². The lowest BCUT2D eigenvalue weighted by Gasteiger charge is -2.30. The molecule has 2 heterocycles. The molecule has 12 heteroatoms. The van der Waals surface area contributed by atoms with E-state index in [1.165, 1.54) is 24.3 Å². The summed E-state index contributed by atoms with van der Waals surface area (Å²) in [7, 11) is 1.51. The normalized spacial score (nSPS) is 25.1. The van der Waals surface area contributed by atoms with Crippen molar-refractivity contribution in [1.29, 1.82) is 0 Å². The van der Waals surface area contributed by atoms with Gasteiger partial charge in [-0.25, -0.2) is 4.79 Å². The lowest BCUT2D eigenvalue weighted by molar-refractivity contribution is -0.132. The van der Waals surface area contributed by atoms with Crippen molar-refractivity contribution in [2.45, 2.75) is 24.5 Å². The topological polar surface area (TPSA) is 152 Å². The van der Waals surface area contributed by atoms with Crippen LogP contribution in [-0.4, -0.2) is 80.6 Å². The molecule has 2 aliphatic rings. The Kier molecular flexibility index (Phi) is 8.17. The number of imide groups is 1. The second-order valence-corrected chi connectivity index (χ2v) is 6.95. The first-order chi connectivity index (χ1) is 15.5. The maximum Gasteiger partial charge on any atom is 0.338 e. The van der Waals surface area contributed by atoms with Crippen LogP contribution >= 0.6 is 0 Å². The van der Waals surface area contributed by atoms with Gasteiger partial charge in [-0.2, -0.15) is 0 Å². The number of methoxy groups -OCH3 is 1. The molecule has 1 N–H and O–H groups in total. The van der Waals surface area contributed by atoms with E-state index in [4.69, 9.17) is 24.5 Å². The first-order valence-corrected chi connectivity index (χ1v) is 9.83. The summed E-state index contributed by atoms with van der Waals surface area (Å²) in [5, 5.41) is 5.99. The van der Waals surface area contributed by atoms with Crippen LogP contribution < -0.4 is 5.32 Å². The van der Waals surface area contributed by atoms with Crippen molar-refractivity contribution in [2.24, 2.45) is 5.11 Å². The number of carbonyl (C=O) groups is 3. The molecule has 12 nitrogen and oxygen atoms in total. The van der Waals surface area contributed by atoms with E-state index in [1.54, 1.807) is 30.3 Å². The minimum Gasteiger partial charge on any atom is -0.459 e. The molecule has 170 valence electrons. The van der Waals surface area contributed by atoms with Crippen molar-refractivity contribution in [3.8, 4) is 0 Å². The van der Waals surface area contributed by atoms with Crippen molar-refractivity contribution in [2.75, 3.05) is 33.5 Å². The number of ether oxygens (including phenoxy) is 4. The highest BCUT2D eigenvalue weighted by Gasteiger charge is 2.48. The number of carbonyl (C=O) groups excluding carboxylic acids is 3. The Morgan fingerprint density at radius 3 is 2.81 bits per heavy atom. The van der Waals surface area contributed by atoms with Gasteiger partial charge in [0.15, 0.2) is 6.23 Å². The molecule has 0 bridgehead atoms. The summed E-state index contributed by atoms with van der Waals surface area (Å²) in [5.74, 6) is -1.65. The number of nitrogens with zero attached hydrogens (tertiary/aromatic N) is 4. The van der Waals surface area contributed by atoms with Crippen molar-refractivity contribution >= 4 is 17.8 Å². The molecule has 1 unspecified atom stereocenters. The Labute approximate surface area is 183 Å². The van der Waals surface area contributed by atoms with Crippen LogP contribution in [-0.2, 0) is 28.5 Å². The van der Waals surface area contributed by atoms with Gasteiger partial charge in [0.25, 0.3) is 5.91 Å². The highest BCUT2D eigenvalue weighted by atomic mass is 16.6. The number of esters is 1. The molecule has 0 aromatic heterocycles. The molecular formula is C20H23N5O7. The number of nitrogens with one attached hydrogen (secondary N) is 1. The van der Waals surface area contributed by atoms with E-state index < -0.39 is 42.3 Å². The zero-order valence-electron chi connectivity index (χ0n) is 17.3. The van der Waals surface area contributed by atoms with E-state index in [0.717, 1.165) is 0 Å². The smallest absolute Gasteiger partial charge is 0.338 e. The van der Waals surface area contributed by atoms with Crippen LogP contribution in [0.15, 0.2) is 47.7 Å². The van der Waals surface area contributed by atoms with Gasteiger partial charge in [0.1, 0.15) is 18.8 Å². The third-order valence-electron chi connectivity index (χ3n) is 4.82. The van der Waals surface area contributed by atoms with Gasteiger partial charge in [0, 0.05) is 24.3 Å². The first-order valence-electron chi connectivity index (χ1n) is 9.83. The van der Waals surface area contributed by atoms with Crippen LogP contribution in [0.1, 0.15) is 10.4 Å². The fourth-order valence-corrected chi connectivity index (χ4v) is 3.36. The zero-order valence-corrected chi connectivity index (χ0v) is 17.3. The molecule has 1 aromatic rings. The summed E-state index contributed by atoms with van der Waals surface area (Å²) < 4.78 is 22.2. The van der Waals surface area contributed by atoms with Crippen molar-refractivity contribution in [1.82, 2.24) is 10.2 Å². The van der Waals surface area contributed by atoms with E-state index in [1.807, 2.05) is 0 Å². The third kappa shape index (κ3) is 5.83. The maximum atomic E-state index is 12.3. The van der Waals surface area contributed by atoms with Crippen LogP contribution in [0.5, 0.6) is 0 Å². The largest absolute Gasteiger partial charge is 0.459 e. The van der Waals surface area contributed by atoms with Gasteiger partial charge in [-0.1, -0.05) is 23.3 Å². The summed E-state index contributed by atoms with van der Waals surface area (Å²) in [6, 6.07) is 7.55. The number of hydrogen-bond donors (Lipinski definition) is 1. The van der Waals surface area contributed by atoms with E-state index in [9.17, 15) is 14.4 Å². The summed E-state index contributed by atoms with van der Waals surface area (Å²) >= 11 is 0. The van der Waals surface area contributed by atoms with Crippen molar-refractivity contribution < 1.29 is 33.3 Å². The second-order valence-electron chi connectivity index (χ2n) is 6.95. The fourth-order valence-electron chi connectivity index (χ4n) is 3.36. The van der Waals surface area contributed by atoms with Gasteiger partial charge < -0.3 is 23.8 Å². The maximum absolute atomic E-state index is 12.3. The molecule has 0 radical (unpaired) electrons. The van der Waals surface area contributed by atoms with Crippen LogP contribution in [0.3, 0.4) is 0 Å². The average molecular weight is 445 g/mol. The SMILES string of the molecule is COCCO[C@@H]1C(N=[N+]=[N-])[C@@H](COC(=O)c2ccccc2)O[C@H]1N1C=CC(=O)NC(=O)C1. The molecule has 1 aromatic carbocycles. The molecule has 0 saturated carbocycles. The molecule has 0 aliphatic carbocycles. The second kappa shape index (κ2) is 11.3.